The number of alkyl halides is 2. The van der Waals surface area contributed by atoms with Crippen molar-refractivity contribution in [3.8, 4) is 29.0 Å². The molecule has 16 heteroatoms. The van der Waals surface area contributed by atoms with Gasteiger partial charge in [-0.2, -0.15) is 15.2 Å². The topological polar surface area (TPSA) is 139 Å². The third kappa shape index (κ3) is 5.38. The molecule has 1 fully saturated rings. The fraction of sp³-hybridized carbons (Fsp3) is 0.333. The first-order valence-electron chi connectivity index (χ1n) is 15.4. The molecule has 0 saturated carbocycles. The Labute approximate surface area is 286 Å². The maximum Gasteiger partial charge on any atom is 0.319 e. The van der Waals surface area contributed by atoms with Crippen LogP contribution in [0.4, 0.5) is 34.2 Å². The Balaban J connectivity index is 1.52. The summed E-state index contributed by atoms with van der Waals surface area (Å²) < 4.78 is 74.7. The lowest BCUT2D eigenvalue weighted by molar-refractivity contribution is 0.108. The summed E-state index contributed by atoms with van der Waals surface area (Å²) in [5.74, 6) is -1.93. The zero-order valence-corrected chi connectivity index (χ0v) is 27.8. The minimum atomic E-state index is -2.99. The molecule has 3 aromatic heterocycles. The van der Waals surface area contributed by atoms with Crippen molar-refractivity contribution in [2.45, 2.75) is 44.4 Å². The number of nitrogens with two attached hydrogens (primary N) is 2. The van der Waals surface area contributed by atoms with Crippen LogP contribution in [-0.4, -0.2) is 65.2 Å². The highest BCUT2D eigenvalue weighted by Gasteiger charge is 2.38. The van der Waals surface area contributed by atoms with Gasteiger partial charge in [-0.25, -0.2) is 22.5 Å². The standard InChI is InChI=1S/C33H29ClF4N8O2S/c1-14(19-6-4-10-45(19)2)48-33-43-25-22-27(47-12-11-46(32(22)44-33)26(29(37)38)16-5-3-9-42-30(16)40)23(34)21(24(25)36)15-7-8-18(35)28-20(15)17(13-39)31(41)49-28/h3,5,7-9,14,19,26,29H,4,6,10-12,41H2,1-2H3,(H2,40,42)/t14-,19-,26-/m0/s1. The van der Waals surface area contributed by atoms with Crippen molar-refractivity contribution in [1.29, 1.82) is 5.26 Å². The molecule has 0 amide bonds. The number of pyridine rings is 1. The first-order chi connectivity index (χ1) is 23.5. The highest BCUT2D eigenvalue weighted by molar-refractivity contribution is 7.23. The quantitative estimate of drug-likeness (QED) is 0.171. The number of hydrogen-bond donors (Lipinski definition) is 2. The summed E-state index contributed by atoms with van der Waals surface area (Å²) in [6.45, 7) is 2.39. The van der Waals surface area contributed by atoms with Crippen molar-refractivity contribution in [3.63, 3.8) is 0 Å². The summed E-state index contributed by atoms with van der Waals surface area (Å²) in [5, 5.41) is 9.71. The molecule has 7 rings (SSSR count). The summed E-state index contributed by atoms with van der Waals surface area (Å²) in [6, 6.07) is 5.41. The van der Waals surface area contributed by atoms with E-state index < -0.39 is 30.2 Å². The van der Waals surface area contributed by atoms with Crippen LogP contribution in [0.15, 0.2) is 30.5 Å². The van der Waals surface area contributed by atoms with Crippen LogP contribution in [0, 0.1) is 23.0 Å². The van der Waals surface area contributed by atoms with Gasteiger partial charge in [-0.1, -0.05) is 23.7 Å². The van der Waals surface area contributed by atoms with E-state index in [1.807, 2.05) is 20.0 Å². The van der Waals surface area contributed by atoms with Crippen LogP contribution >= 0.6 is 22.9 Å². The Morgan fingerprint density at radius 3 is 2.65 bits per heavy atom. The molecule has 1 saturated heterocycles. The van der Waals surface area contributed by atoms with E-state index in [2.05, 4.69) is 19.9 Å². The van der Waals surface area contributed by atoms with Gasteiger partial charge in [-0.3, -0.25) is 4.90 Å². The second-order valence-electron chi connectivity index (χ2n) is 11.9. The molecule has 0 radical (unpaired) electrons. The van der Waals surface area contributed by atoms with Crippen molar-refractivity contribution in [2.24, 2.45) is 0 Å². The van der Waals surface area contributed by atoms with Crippen molar-refractivity contribution in [1.82, 2.24) is 19.9 Å². The number of nitrogen functional groups attached to an aromatic ring is 2. The van der Waals surface area contributed by atoms with Gasteiger partial charge in [0.25, 0.3) is 6.43 Å². The molecule has 10 nitrogen and oxygen atoms in total. The number of aromatic nitrogens is 3. The van der Waals surface area contributed by atoms with Crippen molar-refractivity contribution in [3.05, 3.63) is 58.2 Å². The Bertz CT molecular complexity index is 2160. The molecule has 0 spiro atoms. The van der Waals surface area contributed by atoms with Crippen LogP contribution in [0.3, 0.4) is 0 Å². The minimum Gasteiger partial charge on any atom is -0.489 e. The van der Waals surface area contributed by atoms with Gasteiger partial charge in [0.1, 0.15) is 52.8 Å². The highest BCUT2D eigenvalue weighted by Crippen LogP contribution is 2.51. The number of rotatable bonds is 7. The molecule has 5 heterocycles. The summed E-state index contributed by atoms with van der Waals surface area (Å²) in [5.41, 5.74) is 11.6. The zero-order valence-electron chi connectivity index (χ0n) is 26.2. The predicted molar refractivity (Wildman–Crippen MR) is 180 cm³/mol. The van der Waals surface area contributed by atoms with Crippen LogP contribution in [-0.2, 0) is 0 Å². The number of ether oxygens (including phenoxy) is 2. The first kappa shape index (κ1) is 32.9. The Morgan fingerprint density at radius 2 is 1.96 bits per heavy atom. The minimum absolute atomic E-state index is 0.00371. The van der Waals surface area contributed by atoms with E-state index in [4.69, 9.17) is 32.5 Å². The van der Waals surface area contributed by atoms with Gasteiger partial charge in [0.05, 0.1) is 27.2 Å². The Kier molecular flexibility index (Phi) is 8.50. The van der Waals surface area contributed by atoms with Crippen LogP contribution in [0.25, 0.3) is 32.1 Å². The third-order valence-corrected chi connectivity index (χ3v) is 10.6. The lowest BCUT2D eigenvalue weighted by atomic mass is 9.96. The van der Waals surface area contributed by atoms with Crippen LogP contribution in [0.5, 0.6) is 11.8 Å². The smallest absolute Gasteiger partial charge is 0.319 e. The number of hydrogen-bond acceptors (Lipinski definition) is 11. The van der Waals surface area contributed by atoms with E-state index in [1.165, 1.54) is 29.3 Å². The van der Waals surface area contributed by atoms with Crippen molar-refractivity contribution >= 4 is 60.6 Å². The van der Waals surface area contributed by atoms with E-state index in [1.54, 1.807) is 0 Å². The summed E-state index contributed by atoms with van der Waals surface area (Å²) in [4.78, 5) is 16.5. The Morgan fingerprint density at radius 1 is 1.16 bits per heavy atom. The Hall–Kier alpha value is -4.65. The van der Waals surface area contributed by atoms with Gasteiger partial charge < -0.3 is 25.8 Å². The van der Waals surface area contributed by atoms with Crippen molar-refractivity contribution in [2.75, 3.05) is 43.1 Å². The molecule has 2 aromatic carbocycles. The molecule has 4 N–H and O–H groups in total. The van der Waals surface area contributed by atoms with Gasteiger partial charge in [-0.15, -0.1) is 11.3 Å². The highest BCUT2D eigenvalue weighted by atomic mass is 35.5. The van der Waals surface area contributed by atoms with Gasteiger partial charge >= 0.3 is 6.01 Å². The van der Waals surface area contributed by atoms with E-state index >= 15 is 13.2 Å². The molecule has 0 unspecified atom stereocenters. The number of thiophene rings is 1. The molecule has 0 aliphatic carbocycles. The van der Waals surface area contributed by atoms with Crippen LogP contribution in [0.2, 0.25) is 5.02 Å². The number of benzene rings is 2. The summed E-state index contributed by atoms with van der Waals surface area (Å²) in [7, 11) is 1.97. The summed E-state index contributed by atoms with van der Waals surface area (Å²) in [6.07, 6.45) is -0.258. The monoisotopic (exact) mass is 712 g/mol. The number of likely N-dealkylation sites (tertiary alicyclic amines) is 1. The van der Waals surface area contributed by atoms with Gasteiger partial charge in [0.15, 0.2) is 11.6 Å². The molecule has 2 aliphatic rings. The molecular weight excluding hydrogens is 684 g/mol. The average Bonchev–Trinajstić information content (AvgIpc) is 3.60. The predicted octanol–water partition coefficient (Wildman–Crippen LogP) is 6.94. The molecule has 49 heavy (non-hydrogen) atoms. The number of anilines is 3. The number of likely N-dealkylation sites (N-methyl/N-ethyl adjacent to an activating group) is 1. The number of nitrogens with zero attached hydrogens (tertiary/aromatic N) is 6. The molecule has 5 aromatic rings. The maximum atomic E-state index is 17.2. The zero-order chi connectivity index (χ0) is 34.7. The summed E-state index contributed by atoms with van der Waals surface area (Å²) >= 11 is 7.80. The second-order valence-corrected chi connectivity index (χ2v) is 13.4. The lowest BCUT2D eigenvalue weighted by Gasteiger charge is -2.32. The SMILES string of the molecule is C[C@H](Oc1nc2c3c(c(Cl)c(-c4ccc(F)c5sc(N)c(C#N)c45)c(F)c3n1)OCCN2[C@@H](c1cccnc1N)C(F)F)[C@@H]1CCCN1C. The van der Waals surface area contributed by atoms with E-state index in [-0.39, 0.29) is 95.9 Å². The molecule has 2 aliphatic heterocycles. The molecule has 3 atom stereocenters. The maximum absolute atomic E-state index is 17.2. The van der Waals surface area contributed by atoms with E-state index in [9.17, 15) is 9.65 Å². The fourth-order valence-corrected chi connectivity index (χ4v) is 8.18. The average molecular weight is 713 g/mol. The largest absolute Gasteiger partial charge is 0.489 e. The van der Waals surface area contributed by atoms with Crippen molar-refractivity contribution < 1.29 is 27.0 Å². The van der Waals surface area contributed by atoms with Crippen LogP contribution < -0.4 is 25.8 Å². The number of fused-ring (bicyclic) bond motifs is 1. The lowest BCUT2D eigenvalue weighted by Crippen LogP contribution is -2.39. The number of halogens is 5. The fourth-order valence-electron chi connectivity index (χ4n) is 6.89. The third-order valence-electron chi connectivity index (χ3n) is 9.17. The van der Waals surface area contributed by atoms with Crippen LogP contribution in [0.1, 0.15) is 36.9 Å². The van der Waals surface area contributed by atoms with Gasteiger partial charge in [0.2, 0.25) is 0 Å². The molecular formula is C33H29ClF4N8O2S. The van der Waals surface area contributed by atoms with Gasteiger partial charge in [-0.05, 0) is 51.1 Å². The second kappa shape index (κ2) is 12.7. The van der Waals surface area contributed by atoms with Gasteiger partial charge in [0, 0.05) is 28.8 Å². The molecule has 254 valence electrons. The van der Waals surface area contributed by atoms with E-state index in [0.29, 0.717) is 0 Å². The first-order valence-corrected chi connectivity index (χ1v) is 16.6. The number of nitriles is 1. The normalized spacial score (nSPS) is 17.7. The van der Waals surface area contributed by atoms with E-state index in [0.717, 1.165) is 36.8 Å². The molecule has 0 bridgehead atoms.